The minimum atomic E-state index is -3.58. The predicted octanol–water partition coefficient (Wildman–Crippen LogP) is 2.86. The Kier molecular flexibility index (Phi) is 6.36. The first-order valence-electron chi connectivity index (χ1n) is 9.54. The highest BCUT2D eigenvalue weighted by molar-refractivity contribution is 7.89. The fourth-order valence-electron chi connectivity index (χ4n) is 3.44. The van der Waals surface area contributed by atoms with Crippen LogP contribution in [0, 0.1) is 0 Å². The number of amides is 1. The standard InChI is InChI=1S/C21H27N3O3S/c1-22-28(26,27)20-8-6-7-18(15-20)21(25)23(2)16-17-9-11-19(12-10-17)24-13-4-3-5-14-24/h6-12,15,22H,3-5,13-14,16H2,1-2H3. The van der Waals surface area contributed by atoms with Crippen LogP contribution < -0.4 is 9.62 Å². The number of piperidine rings is 1. The van der Waals surface area contributed by atoms with Crippen LogP contribution >= 0.6 is 0 Å². The van der Waals surface area contributed by atoms with Gasteiger partial charge < -0.3 is 9.80 Å². The second-order valence-electron chi connectivity index (χ2n) is 7.11. The zero-order valence-corrected chi connectivity index (χ0v) is 17.2. The zero-order valence-electron chi connectivity index (χ0n) is 16.4. The summed E-state index contributed by atoms with van der Waals surface area (Å²) in [6.07, 6.45) is 3.78. The highest BCUT2D eigenvalue weighted by Crippen LogP contribution is 2.21. The number of benzene rings is 2. The lowest BCUT2D eigenvalue weighted by molar-refractivity contribution is 0.0785. The van der Waals surface area contributed by atoms with E-state index < -0.39 is 10.0 Å². The molecule has 2 aromatic carbocycles. The molecule has 7 heteroatoms. The van der Waals surface area contributed by atoms with Gasteiger partial charge in [0.05, 0.1) is 4.90 Å². The van der Waals surface area contributed by atoms with Crippen LogP contribution in [0.15, 0.2) is 53.4 Å². The van der Waals surface area contributed by atoms with Crippen molar-refractivity contribution in [2.75, 3.05) is 32.1 Å². The van der Waals surface area contributed by atoms with Crippen LogP contribution in [0.2, 0.25) is 0 Å². The van der Waals surface area contributed by atoms with Crippen LogP contribution in [0.25, 0.3) is 0 Å². The van der Waals surface area contributed by atoms with Crippen molar-refractivity contribution in [1.29, 1.82) is 0 Å². The third kappa shape index (κ3) is 4.72. The maximum atomic E-state index is 12.7. The number of hydrogen-bond donors (Lipinski definition) is 1. The van der Waals surface area contributed by atoms with Crippen LogP contribution in [0.1, 0.15) is 35.2 Å². The predicted molar refractivity (Wildman–Crippen MR) is 111 cm³/mol. The van der Waals surface area contributed by atoms with Crippen molar-refractivity contribution in [2.24, 2.45) is 0 Å². The number of hydrogen-bond acceptors (Lipinski definition) is 4. The maximum Gasteiger partial charge on any atom is 0.253 e. The second kappa shape index (κ2) is 8.75. The fraction of sp³-hybridized carbons (Fsp3) is 0.381. The van der Waals surface area contributed by atoms with Gasteiger partial charge in [0.25, 0.3) is 5.91 Å². The van der Waals surface area contributed by atoms with Gasteiger partial charge in [-0.15, -0.1) is 0 Å². The maximum absolute atomic E-state index is 12.7. The van der Waals surface area contributed by atoms with Gasteiger partial charge in [-0.2, -0.15) is 0 Å². The Morgan fingerprint density at radius 1 is 1.07 bits per heavy atom. The van der Waals surface area contributed by atoms with Gasteiger partial charge in [0.15, 0.2) is 0 Å². The van der Waals surface area contributed by atoms with Crippen molar-refractivity contribution < 1.29 is 13.2 Å². The van der Waals surface area contributed by atoms with E-state index in [1.807, 2.05) is 0 Å². The molecule has 0 bridgehead atoms. The van der Waals surface area contributed by atoms with E-state index in [9.17, 15) is 13.2 Å². The minimum absolute atomic E-state index is 0.0835. The Morgan fingerprint density at radius 3 is 2.39 bits per heavy atom. The lowest BCUT2D eigenvalue weighted by Gasteiger charge is -2.29. The average Bonchev–Trinajstić information content (AvgIpc) is 2.74. The van der Waals surface area contributed by atoms with Crippen LogP contribution in [-0.2, 0) is 16.6 Å². The first kappa shape index (κ1) is 20.4. The van der Waals surface area contributed by atoms with Gasteiger partial charge in [-0.3, -0.25) is 4.79 Å². The van der Waals surface area contributed by atoms with Gasteiger partial charge in [-0.25, -0.2) is 13.1 Å². The Morgan fingerprint density at radius 2 is 1.75 bits per heavy atom. The molecule has 6 nitrogen and oxygen atoms in total. The molecule has 0 radical (unpaired) electrons. The van der Waals surface area contributed by atoms with Gasteiger partial charge in [0.2, 0.25) is 10.0 Å². The van der Waals surface area contributed by atoms with E-state index in [1.165, 1.54) is 44.1 Å². The molecule has 0 atom stereocenters. The molecular weight excluding hydrogens is 374 g/mol. The third-order valence-electron chi connectivity index (χ3n) is 5.08. The number of sulfonamides is 1. The van der Waals surface area contributed by atoms with Gasteiger partial charge in [-0.1, -0.05) is 18.2 Å². The highest BCUT2D eigenvalue weighted by atomic mass is 32.2. The summed E-state index contributed by atoms with van der Waals surface area (Å²) in [6, 6.07) is 14.4. The van der Waals surface area contributed by atoms with Crippen LogP contribution in [-0.4, -0.2) is 46.4 Å². The minimum Gasteiger partial charge on any atom is -0.372 e. The Hall–Kier alpha value is -2.38. The van der Waals surface area contributed by atoms with Crippen LogP contribution in [0.3, 0.4) is 0 Å². The summed E-state index contributed by atoms with van der Waals surface area (Å²) in [7, 11) is -0.507. The molecule has 1 aliphatic rings. The smallest absolute Gasteiger partial charge is 0.253 e. The Labute approximate surface area is 167 Å². The molecule has 0 saturated carbocycles. The molecule has 150 valence electrons. The molecule has 3 rings (SSSR count). The number of rotatable bonds is 6. The SMILES string of the molecule is CNS(=O)(=O)c1cccc(C(=O)N(C)Cc2ccc(N3CCCCC3)cc2)c1. The van der Waals surface area contributed by atoms with E-state index >= 15 is 0 Å². The number of nitrogens with one attached hydrogen (secondary N) is 1. The quantitative estimate of drug-likeness (QED) is 0.808. The molecule has 2 aromatic rings. The number of carbonyl (C=O) groups is 1. The van der Waals surface area contributed by atoms with Crippen LogP contribution in [0.4, 0.5) is 5.69 Å². The van der Waals surface area contributed by atoms with Gasteiger partial charge in [0.1, 0.15) is 0 Å². The first-order valence-corrected chi connectivity index (χ1v) is 11.0. The molecule has 0 aromatic heterocycles. The lowest BCUT2D eigenvalue weighted by Crippen LogP contribution is -2.29. The molecule has 0 unspecified atom stereocenters. The molecule has 1 amide bonds. The van der Waals surface area contributed by atoms with Crippen molar-refractivity contribution in [3.8, 4) is 0 Å². The summed E-state index contributed by atoms with van der Waals surface area (Å²) in [5.41, 5.74) is 2.61. The number of nitrogens with zero attached hydrogens (tertiary/aromatic N) is 2. The topological polar surface area (TPSA) is 69.7 Å². The molecule has 28 heavy (non-hydrogen) atoms. The van der Waals surface area contributed by atoms with Gasteiger partial charge in [-0.05, 0) is 62.2 Å². The summed E-state index contributed by atoms with van der Waals surface area (Å²) >= 11 is 0. The number of anilines is 1. The van der Waals surface area contributed by atoms with Crippen LogP contribution in [0.5, 0.6) is 0 Å². The normalized spacial score (nSPS) is 14.7. The molecule has 1 N–H and O–H groups in total. The monoisotopic (exact) mass is 401 g/mol. The van der Waals surface area contributed by atoms with Crippen molar-refractivity contribution in [3.05, 3.63) is 59.7 Å². The lowest BCUT2D eigenvalue weighted by atomic mass is 10.1. The molecule has 1 heterocycles. The molecule has 1 fully saturated rings. The van der Waals surface area contributed by atoms with E-state index in [1.54, 1.807) is 24.1 Å². The molecule has 1 saturated heterocycles. The summed E-state index contributed by atoms with van der Waals surface area (Å²) in [5.74, 6) is -0.215. The van der Waals surface area contributed by atoms with Gasteiger partial charge in [0, 0.05) is 37.9 Å². The second-order valence-corrected chi connectivity index (χ2v) is 9.00. The molecule has 0 spiro atoms. The first-order chi connectivity index (χ1) is 13.4. The summed E-state index contributed by atoms with van der Waals surface area (Å²) in [4.78, 5) is 16.8. The summed E-state index contributed by atoms with van der Waals surface area (Å²) in [6.45, 7) is 2.66. The largest absolute Gasteiger partial charge is 0.372 e. The number of carbonyl (C=O) groups excluding carboxylic acids is 1. The van der Waals surface area contributed by atoms with Crippen molar-refractivity contribution in [3.63, 3.8) is 0 Å². The van der Waals surface area contributed by atoms with E-state index in [0.29, 0.717) is 12.1 Å². The van der Waals surface area contributed by atoms with E-state index in [4.69, 9.17) is 0 Å². The van der Waals surface area contributed by atoms with E-state index in [2.05, 4.69) is 33.9 Å². The average molecular weight is 402 g/mol. The summed E-state index contributed by atoms with van der Waals surface area (Å²) < 4.78 is 26.2. The van der Waals surface area contributed by atoms with E-state index in [-0.39, 0.29) is 10.8 Å². The van der Waals surface area contributed by atoms with Gasteiger partial charge >= 0.3 is 0 Å². The molecule has 0 aliphatic carbocycles. The van der Waals surface area contributed by atoms with Crippen molar-refractivity contribution in [1.82, 2.24) is 9.62 Å². The zero-order chi connectivity index (χ0) is 20.1. The van der Waals surface area contributed by atoms with E-state index in [0.717, 1.165) is 18.7 Å². The third-order valence-corrected chi connectivity index (χ3v) is 6.50. The Balaban J connectivity index is 1.68. The Bertz CT molecular complexity index is 920. The fourth-order valence-corrected chi connectivity index (χ4v) is 4.22. The highest BCUT2D eigenvalue weighted by Gasteiger charge is 2.17. The summed E-state index contributed by atoms with van der Waals surface area (Å²) in [5, 5.41) is 0. The van der Waals surface area contributed by atoms with Crippen molar-refractivity contribution in [2.45, 2.75) is 30.7 Å². The van der Waals surface area contributed by atoms with Crippen molar-refractivity contribution >= 4 is 21.6 Å². The molecule has 1 aliphatic heterocycles. The molecular formula is C21H27N3O3S.